The lowest BCUT2D eigenvalue weighted by atomic mass is 9.89. The van der Waals surface area contributed by atoms with Gasteiger partial charge >= 0.3 is 24.0 Å². The van der Waals surface area contributed by atoms with E-state index in [1.165, 1.54) is 6.20 Å². The normalized spacial score (nSPS) is 20.1. The molecule has 50 heavy (non-hydrogen) atoms. The molecule has 2 aliphatic rings. The number of nitrogens with one attached hydrogen (secondary N) is 1. The molecule has 2 saturated heterocycles. The number of pyridine rings is 1. The van der Waals surface area contributed by atoms with E-state index in [1.54, 1.807) is 63.8 Å². The number of thiazole rings is 1. The molecule has 270 valence electrons. The number of aromatic nitrogens is 2. The second kappa shape index (κ2) is 14.6. The zero-order chi connectivity index (χ0) is 36.5. The molecular weight excluding hydrogens is 657 g/mol. The van der Waals surface area contributed by atoms with Gasteiger partial charge in [0, 0.05) is 19.0 Å². The highest BCUT2D eigenvalue weighted by molar-refractivity contribution is 7.18. The number of amides is 4. The molecule has 4 heterocycles. The van der Waals surface area contributed by atoms with E-state index >= 15 is 0 Å². The number of hydrogen-bond acceptors (Lipinski definition) is 10. The third-order valence-electron chi connectivity index (χ3n) is 8.77. The quantitative estimate of drug-likeness (QED) is 0.272. The molecule has 1 aromatic carbocycles. The predicted molar refractivity (Wildman–Crippen MR) is 195 cm³/mol. The van der Waals surface area contributed by atoms with Gasteiger partial charge in [-0.25, -0.2) is 19.6 Å². The van der Waals surface area contributed by atoms with Gasteiger partial charge < -0.3 is 24.6 Å². The Kier molecular flexibility index (Phi) is 10.9. The van der Waals surface area contributed by atoms with E-state index in [9.17, 15) is 19.2 Å². The van der Waals surface area contributed by atoms with Gasteiger partial charge in [-0.2, -0.15) is 4.90 Å². The van der Waals surface area contributed by atoms with E-state index in [1.807, 2.05) is 6.92 Å². The number of hydrogen-bond donors (Lipinski definition) is 1. The van der Waals surface area contributed by atoms with Gasteiger partial charge in [0.15, 0.2) is 5.82 Å². The first-order chi connectivity index (χ1) is 23.4. The molecule has 3 aromatic rings. The number of aryl methyl sites for hydroxylation is 1. The molecule has 4 amide bonds. The Morgan fingerprint density at radius 3 is 2.26 bits per heavy atom. The topological polar surface area (TPSA) is 134 Å². The van der Waals surface area contributed by atoms with Gasteiger partial charge in [0.05, 0.1) is 33.2 Å². The number of carbonyl (C=O) groups is 4. The molecule has 2 aromatic heterocycles. The van der Waals surface area contributed by atoms with Crippen molar-refractivity contribution in [3.63, 3.8) is 0 Å². The van der Waals surface area contributed by atoms with Gasteiger partial charge in [-0.1, -0.05) is 19.9 Å². The Bertz CT molecular complexity index is 1730. The van der Waals surface area contributed by atoms with Crippen molar-refractivity contribution in [2.24, 2.45) is 5.92 Å². The van der Waals surface area contributed by atoms with Crippen LogP contribution in [-0.4, -0.2) is 81.7 Å². The molecule has 12 nitrogen and oxygen atoms in total. The van der Waals surface area contributed by atoms with Crippen LogP contribution in [-0.2, 0) is 25.5 Å². The summed E-state index contributed by atoms with van der Waals surface area (Å²) in [4.78, 5) is 68.0. The zero-order valence-corrected chi connectivity index (χ0v) is 31.5. The van der Waals surface area contributed by atoms with Crippen molar-refractivity contribution in [1.29, 1.82) is 0 Å². The van der Waals surface area contributed by atoms with Crippen molar-refractivity contribution in [2.45, 2.75) is 104 Å². The number of likely N-dealkylation sites (N-methyl/N-ethyl adjacent to an activating group) is 1. The number of benzene rings is 1. The van der Waals surface area contributed by atoms with Crippen LogP contribution in [0.1, 0.15) is 103 Å². The molecule has 2 aliphatic heterocycles. The monoisotopic (exact) mass is 706 g/mol. The first-order valence-corrected chi connectivity index (χ1v) is 18.2. The van der Waals surface area contributed by atoms with E-state index in [0.717, 1.165) is 58.0 Å². The summed E-state index contributed by atoms with van der Waals surface area (Å²) < 4.78 is 12.1. The van der Waals surface area contributed by atoms with Crippen molar-refractivity contribution in [2.75, 3.05) is 36.9 Å². The number of anilines is 2. The molecule has 0 bridgehead atoms. The number of imide groups is 1. The molecule has 1 N–H and O–H groups in total. The van der Waals surface area contributed by atoms with Gasteiger partial charge in [-0.05, 0) is 116 Å². The number of nitrogens with zero attached hydrogens (tertiary/aromatic N) is 5. The largest absolute Gasteiger partial charge is 0.443 e. The second-order valence-electron chi connectivity index (χ2n) is 15.5. The Morgan fingerprint density at radius 1 is 0.980 bits per heavy atom. The fourth-order valence-corrected chi connectivity index (χ4v) is 7.49. The smallest absolute Gasteiger partial charge is 0.425 e. The van der Waals surface area contributed by atoms with Crippen LogP contribution in [0.25, 0.3) is 10.2 Å². The van der Waals surface area contributed by atoms with Gasteiger partial charge in [0.25, 0.3) is 0 Å². The Balaban J connectivity index is 1.36. The number of fused-ring (bicyclic) bond motifs is 1. The maximum absolute atomic E-state index is 13.8. The summed E-state index contributed by atoms with van der Waals surface area (Å²) in [6.07, 6.45) is 2.55. The number of likely N-dealkylation sites (tertiary alicyclic amines) is 2. The van der Waals surface area contributed by atoms with Crippen LogP contribution in [0.5, 0.6) is 0 Å². The molecule has 0 saturated carbocycles. The van der Waals surface area contributed by atoms with Gasteiger partial charge in [0.2, 0.25) is 0 Å². The molecule has 0 radical (unpaired) electrons. The molecule has 0 spiro atoms. The minimum Gasteiger partial charge on any atom is -0.443 e. The SMILES string of the molecule is CCc1cc(NC(=O)C(=O)N2C[C@@H](C)CCC2c2ccc3sc(C4CCN(C)C4)nc3c2)cnc1N(C(=O)OC(C)(C)C)C(=O)OC(C)(C)C. The molecule has 3 atom stereocenters. The fourth-order valence-electron chi connectivity index (χ4n) is 6.41. The Labute approximate surface area is 298 Å². The van der Waals surface area contributed by atoms with Crippen LogP contribution >= 0.6 is 11.3 Å². The summed E-state index contributed by atoms with van der Waals surface area (Å²) in [5.41, 5.74) is 0.851. The van der Waals surface area contributed by atoms with Crippen LogP contribution in [0.15, 0.2) is 30.5 Å². The van der Waals surface area contributed by atoms with E-state index in [2.05, 4.69) is 47.4 Å². The molecule has 2 fully saturated rings. The number of carbonyl (C=O) groups excluding carboxylic acids is 4. The van der Waals surface area contributed by atoms with Crippen molar-refractivity contribution in [1.82, 2.24) is 19.8 Å². The van der Waals surface area contributed by atoms with Crippen molar-refractivity contribution < 1.29 is 28.7 Å². The minimum atomic E-state index is -0.940. The summed E-state index contributed by atoms with van der Waals surface area (Å²) in [5.74, 6) is -0.741. The van der Waals surface area contributed by atoms with Gasteiger partial charge in [-0.15, -0.1) is 11.3 Å². The number of piperidine rings is 1. The van der Waals surface area contributed by atoms with E-state index in [0.29, 0.717) is 24.4 Å². The van der Waals surface area contributed by atoms with Crippen LogP contribution in [0.3, 0.4) is 0 Å². The van der Waals surface area contributed by atoms with Crippen LogP contribution < -0.4 is 10.2 Å². The predicted octanol–water partition coefficient (Wildman–Crippen LogP) is 7.29. The highest BCUT2D eigenvalue weighted by Crippen LogP contribution is 2.38. The van der Waals surface area contributed by atoms with E-state index < -0.39 is 35.2 Å². The highest BCUT2D eigenvalue weighted by atomic mass is 32.1. The molecule has 2 unspecified atom stereocenters. The summed E-state index contributed by atoms with van der Waals surface area (Å²) in [6, 6.07) is 7.55. The first kappa shape index (κ1) is 37.2. The summed E-state index contributed by atoms with van der Waals surface area (Å²) in [5, 5.41) is 3.86. The third kappa shape index (κ3) is 8.79. The summed E-state index contributed by atoms with van der Waals surface area (Å²) >= 11 is 1.74. The van der Waals surface area contributed by atoms with Crippen LogP contribution in [0, 0.1) is 5.92 Å². The second-order valence-corrected chi connectivity index (χ2v) is 16.6. The average molecular weight is 707 g/mol. The van der Waals surface area contributed by atoms with Gasteiger partial charge in [0.1, 0.15) is 11.2 Å². The highest BCUT2D eigenvalue weighted by Gasteiger charge is 2.37. The van der Waals surface area contributed by atoms with Crippen LogP contribution in [0.2, 0.25) is 0 Å². The third-order valence-corrected chi connectivity index (χ3v) is 9.97. The fraction of sp³-hybridized carbons (Fsp3) is 0.568. The summed E-state index contributed by atoms with van der Waals surface area (Å²) in [6.45, 7) is 16.6. The Morgan fingerprint density at radius 2 is 1.66 bits per heavy atom. The zero-order valence-electron chi connectivity index (χ0n) is 30.7. The lowest BCUT2D eigenvalue weighted by Gasteiger charge is -2.38. The van der Waals surface area contributed by atoms with Crippen molar-refractivity contribution >= 4 is 57.1 Å². The lowest BCUT2D eigenvalue weighted by Crippen LogP contribution is -2.46. The molecule has 0 aliphatic carbocycles. The van der Waals surface area contributed by atoms with Gasteiger partial charge in [-0.3, -0.25) is 9.59 Å². The summed E-state index contributed by atoms with van der Waals surface area (Å²) in [7, 11) is 2.14. The first-order valence-electron chi connectivity index (χ1n) is 17.4. The lowest BCUT2D eigenvalue weighted by molar-refractivity contribution is -0.146. The minimum absolute atomic E-state index is 0.0192. The Hall–Kier alpha value is -4.10. The number of rotatable bonds is 5. The van der Waals surface area contributed by atoms with Crippen LogP contribution in [0.4, 0.5) is 21.1 Å². The van der Waals surface area contributed by atoms with E-state index in [-0.39, 0.29) is 23.5 Å². The molecule has 13 heteroatoms. The maximum Gasteiger partial charge on any atom is 0.425 e. The van der Waals surface area contributed by atoms with Crippen molar-refractivity contribution in [3.8, 4) is 0 Å². The maximum atomic E-state index is 13.8. The van der Waals surface area contributed by atoms with Crippen molar-refractivity contribution in [3.05, 3.63) is 46.6 Å². The number of ether oxygens (including phenoxy) is 2. The van der Waals surface area contributed by atoms with E-state index in [4.69, 9.17) is 14.5 Å². The molecule has 5 rings (SSSR count). The standard InChI is InChI=1S/C37H50N6O6S/c1-10-23-17-26(19-38-30(23)43(34(46)48-36(3,4)5)35(47)49-37(6,7)8)39-31(44)33(45)42-20-22(2)11-13-28(42)24-12-14-29-27(18-24)40-32(50-29)25-15-16-41(9)21-25/h12,14,17-19,22,25,28H,10-11,13,15-16,20-21H2,1-9H3,(H,39,44)/t22-,25?,28?/m0/s1. The molecular formula is C37H50N6O6S. The average Bonchev–Trinajstić information content (AvgIpc) is 3.65.